The molecule has 3 heterocycles. The number of hydrogen-bond donors (Lipinski definition) is 1. The van der Waals surface area contributed by atoms with Gasteiger partial charge in [0, 0.05) is 17.4 Å². The van der Waals surface area contributed by atoms with E-state index in [1.54, 1.807) is 13.8 Å². The van der Waals surface area contributed by atoms with E-state index < -0.39 is 31.9 Å². The third kappa shape index (κ3) is 4.68. The molecule has 3 saturated heterocycles. The summed E-state index contributed by atoms with van der Waals surface area (Å²) in [6.07, 6.45) is 0.0876. The second kappa shape index (κ2) is 10.2. The first-order valence-corrected chi connectivity index (χ1v) is 15.5. The van der Waals surface area contributed by atoms with E-state index in [0.29, 0.717) is 35.4 Å². The quantitative estimate of drug-likeness (QED) is 0.191. The topological polar surface area (TPSA) is 86.8 Å². The number of aliphatic hydroxyl groups excluding tert-OH is 1. The van der Waals surface area contributed by atoms with Gasteiger partial charge in [0.2, 0.25) is 0 Å². The van der Waals surface area contributed by atoms with Crippen LogP contribution in [0.4, 0.5) is 0 Å². The lowest BCUT2D eigenvalue weighted by atomic mass is 9.77. The van der Waals surface area contributed by atoms with Crippen LogP contribution in [-0.4, -0.2) is 68.4 Å². The fourth-order valence-corrected chi connectivity index (χ4v) is 12.4. The summed E-state index contributed by atoms with van der Waals surface area (Å²) in [5, 5.41) is 11.2. The van der Waals surface area contributed by atoms with Crippen molar-refractivity contribution in [2.24, 2.45) is 11.8 Å². The molecule has 202 valence electrons. The second-order valence-corrected chi connectivity index (χ2v) is 17.4. The molecule has 1 N–H and O–H groups in total. The highest BCUT2D eigenvalue weighted by Crippen LogP contribution is 2.59. The largest absolute Gasteiger partial charge is 0.463 e. The Morgan fingerprint density at radius 3 is 2.14 bits per heavy atom. The van der Waals surface area contributed by atoms with E-state index in [1.165, 1.54) is 0 Å². The van der Waals surface area contributed by atoms with Crippen LogP contribution in [-0.2, 0) is 28.2 Å². The average Bonchev–Trinajstić information content (AvgIpc) is 3.51. The molecule has 0 unspecified atom stereocenters. The molecule has 3 aliphatic rings. The number of fused-ring (bicyclic) bond motifs is 4. The third-order valence-electron chi connectivity index (χ3n) is 8.79. The van der Waals surface area contributed by atoms with Crippen LogP contribution in [0.1, 0.15) is 76.2 Å². The first-order valence-electron chi connectivity index (χ1n) is 13.4. The van der Waals surface area contributed by atoms with Crippen LogP contribution in [0.15, 0.2) is 11.6 Å². The van der Waals surface area contributed by atoms with E-state index in [0.717, 1.165) is 0 Å². The summed E-state index contributed by atoms with van der Waals surface area (Å²) in [6.45, 7) is 23.8. The van der Waals surface area contributed by atoms with Gasteiger partial charge in [-0.05, 0) is 37.4 Å². The fourth-order valence-electron chi connectivity index (χ4n) is 6.97. The van der Waals surface area contributed by atoms with Crippen LogP contribution >= 0.6 is 0 Å². The highest BCUT2D eigenvalue weighted by Gasteiger charge is 2.79. The third-order valence-corrected chi connectivity index (χ3v) is 14.8. The lowest BCUT2D eigenvalue weighted by Gasteiger charge is -2.54. The number of carbonyl (C=O) groups excluding carboxylic acids is 1. The first-order chi connectivity index (χ1) is 16.2. The molecule has 0 spiro atoms. The maximum absolute atomic E-state index is 12.2. The van der Waals surface area contributed by atoms with Gasteiger partial charge in [-0.2, -0.15) is 0 Å². The standard InChI is InChI=1S/C27H48O7Si/c1-12-30-25(29)19(9)13-18(8)22-20(10)23-21(28)24-27(34-24,26(11,32-22)33-23)14-31-35(15(2)3,16(4)5)17(6)7/h13,15-18,20-24,28H,12,14H2,1-11H3/b19-13+/t18-,20-,21-,22-,23+,24+,26+,27+/m0/s1. The molecule has 0 aromatic carbocycles. The monoisotopic (exact) mass is 512 g/mol. The van der Waals surface area contributed by atoms with Gasteiger partial charge in [0.15, 0.2) is 19.7 Å². The Hall–Kier alpha value is -0.773. The van der Waals surface area contributed by atoms with Crippen LogP contribution in [0.5, 0.6) is 0 Å². The number of hydrogen-bond acceptors (Lipinski definition) is 7. The lowest BCUT2D eigenvalue weighted by molar-refractivity contribution is -0.377. The number of epoxide rings is 1. The summed E-state index contributed by atoms with van der Waals surface area (Å²) in [5.41, 5.74) is 1.00. The Labute approximate surface area is 213 Å². The van der Waals surface area contributed by atoms with Gasteiger partial charge in [0.05, 0.1) is 25.4 Å². The molecule has 35 heavy (non-hydrogen) atoms. The van der Waals surface area contributed by atoms with Crippen molar-refractivity contribution in [2.45, 2.75) is 129 Å². The van der Waals surface area contributed by atoms with Gasteiger partial charge >= 0.3 is 5.97 Å². The Bertz CT molecular complexity index is 790. The minimum absolute atomic E-state index is 0.0853. The van der Waals surface area contributed by atoms with Crippen molar-refractivity contribution in [3.05, 3.63) is 11.6 Å². The Morgan fingerprint density at radius 2 is 1.63 bits per heavy atom. The molecule has 8 atom stereocenters. The smallest absolute Gasteiger partial charge is 0.333 e. The minimum Gasteiger partial charge on any atom is -0.463 e. The second-order valence-electron chi connectivity index (χ2n) is 11.9. The molecule has 0 amide bonds. The molecule has 0 aromatic heterocycles. The Morgan fingerprint density at radius 1 is 1.06 bits per heavy atom. The SMILES string of the molecule is CCOC(=O)/C(C)=C/[C@H](C)[C@@H]1O[C@]2(C)O[C@H]([C@H]1C)[C@H](O)[C@H]1O[C@]12CO[Si](C(C)C)(C(C)C)C(C)C. The summed E-state index contributed by atoms with van der Waals surface area (Å²) in [5.74, 6) is -1.55. The van der Waals surface area contributed by atoms with Gasteiger partial charge < -0.3 is 28.5 Å². The summed E-state index contributed by atoms with van der Waals surface area (Å²) >= 11 is 0. The normalized spacial score (nSPS) is 38.0. The highest BCUT2D eigenvalue weighted by molar-refractivity contribution is 6.77. The van der Waals surface area contributed by atoms with Crippen molar-refractivity contribution in [3.8, 4) is 0 Å². The van der Waals surface area contributed by atoms with Crippen LogP contribution in [0.3, 0.4) is 0 Å². The predicted octanol–water partition coefficient (Wildman–Crippen LogP) is 4.97. The van der Waals surface area contributed by atoms with Crippen molar-refractivity contribution in [1.29, 1.82) is 0 Å². The Kier molecular flexibility index (Phi) is 8.37. The number of aliphatic hydroxyl groups is 1. The zero-order valence-corrected chi connectivity index (χ0v) is 24.6. The molecule has 3 fully saturated rings. The van der Waals surface area contributed by atoms with E-state index in [-0.39, 0.29) is 30.0 Å². The van der Waals surface area contributed by atoms with E-state index in [1.807, 2.05) is 26.8 Å². The molecule has 3 aliphatic heterocycles. The molecule has 8 heteroatoms. The van der Waals surface area contributed by atoms with E-state index in [2.05, 4.69) is 41.5 Å². The highest BCUT2D eigenvalue weighted by atomic mass is 28.4. The van der Waals surface area contributed by atoms with Gasteiger partial charge in [0.1, 0.15) is 12.2 Å². The predicted molar refractivity (Wildman–Crippen MR) is 137 cm³/mol. The van der Waals surface area contributed by atoms with Crippen LogP contribution < -0.4 is 0 Å². The van der Waals surface area contributed by atoms with Gasteiger partial charge in [0.25, 0.3) is 0 Å². The maximum Gasteiger partial charge on any atom is 0.333 e. The van der Waals surface area contributed by atoms with Gasteiger partial charge in [-0.3, -0.25) is 0 Å². The van der Waals surface area contributed by atoms with E-state index >= 15 is 0 Å². The van der Waals surface area contributed by atoms with Crippen molar-refractivity contribution in [2.75, 3.05) is 13.2 Å². The molecule has 0 radical (unpaired) electrons. The molecule has 3 rings (SSSR count). The molecule has 0 aromatic rings. The van der Waals surface area contributed by atoms with Crippen LogP contribution in [0, 0.1) is 11.8 Å². The van der Waals surface area contributed by atoms with Gasteiger partial charge in [-0.15, -0.1) is 0 Å². The molecule has 7 nitrogen and oxygen atoms in total. The number of carbonyl (C=O) groups is 1. The zero-order chi connectivity index (χ0) is 26.5. The van der Waals surface area contributed by atoms with E-state index in [9.17, 15) is 9.90 Å². The molecule has 0 saturated carbocycles. The van der Waals surface area contributed by atoms with Crippen molar-refractivity contribution >= 4 is 14.3 Å². The van der Waals surface area contributed by atoms with Crippen LogP contribution in [0.25, 0.3) is 0 Å². The number of esters is 1. The Balaban J connectivity index is 1.88. The summed E-state index contributed by atoms with van der Waals surface area (Å²) in [4.78, 5) is 12.2. The van der Waals surface area contributed by atoms with Gasteiger partial charge in [-0.1, -0.05) is 61.5 Å². The summed E-state index contributed by atoms with van der Waals surface area (Å²) in [6, 6.07) is 0. The fraction of sp³-hybridized carbons (Fsp3) is 0.889. The molecular formula is C27H48O7Si. The first kappa shape index (κ1) is 28.8. The summed E-state index contributed by atoms with van der Waals surface area (Å²) < 4.78 is 31.5. The minimum atomic E-state index is -2.16. The number of ether oxygens (including phenoxy) is 4. The van der Waals surface area contributed by atoms with Crippen molar-refractivity contribution in [3.63, 3.8) is 0 Å². The zero-order valence-electron chi connectivity index (χ0n) is 23.6. The van der Waals surface area contributed by atoms with Crippen molar-refractivity contribution in [1.82, 2.24) is 0 Å². The molecule has 2 bridgehead atoms. The summed E-state index contributed by atoms with van der Waals surface area (Å²) in [7, 11) is -2.16. The maximum atomic E-state index is 12.2. The molecular weight excluding hydrogens is 464 g/mol. The lowest BCUT2D eigenvalue weighted by Crippen LogP contribution is -2.69. The number of rotatable bonds is 10. The van der Waals surface area contributed by atoms with Crippen LogP contribution in [0.2, 0.25) is 16.6 Å². The average molecular weight is 513 g/mol. The van der Waals surface area contributed by atoms with Gasteiger partial charge in [-0.25, -0.2) is 4.79 Å². The molecule has 0 aliphatic carbocycles. The van der Waals surface area contributed by atoms with E-state index in [4.69, 9.17) is 23.4 Å². The van der Waals surface area contributed by atoms with Crippen molar-refractivity contribution < 1.29 is 33.3 Å².